The molecule has 1 N–H and O–H groups in total. The minimum absolute atomic E-state index is 0.00666. The summed E-state index contributed by atoms with van der Waals surface area (Å²) in [6, 6.07) is 2.12. The lowest BCUT2D eigenvalue weighted by molar-refractivity contribution is 0.0923. The number of unbranched alkanes of at least 4 members (excludes halogenated alkanes) is 2. The van der Waals surface area contributed by atoms with Gasteiger partial charge in [-0.25, -0.2) is 0 Å². The number of fused-ring (bicyclic) bond motifs is 5. The number of carbonyl (C=O) groups excluding carboxylic acids is 1. The van der Waals surface area contributed by atoms with Gasteiger partial charge in [0.15, 0.2) is 0 Å². The molecule has 0 atom stereocenters. The number of hydrogen-bond acceptors (Lipinski definition) is 3. The second-order valence-corrected chi connectivity index (χ2v) is 6.47. The van der Waals surface area contributed by atoms with Gasteiger partial charge in [-0.1, -0.05) is 25.8 Å². The number of hydrogen-bond donors (Lipinski definition) is 1. The monoisotopic (exact) mass is 322 g/mol. The first kappa shape index (κ1) is 15.1. The average molecular weight is 322 g/mol. The molecular weight excluding hydrogens is 300 g/mol. The van der Waals surface area contributed by atoms with E-state index in [0.29, 0.717) is 6.54 Å². The van der Waals surface area contributed by atoms with Crippen LogP contribution >= 0.6 is 0 Å². The molecule has 5 heteroatoms. The van der Waals surface area contributed by atoms with E-state index in [4.69, 9.17) is 5.10 Å². The fraction of sp³-hybridized carbons (Fsp3) is 0.421. The maximum Gasteiger partial charge on any atom is 0.269 e. The zero-order valence-electron chi connectivity index (χ0n) is 14.0. The maximum atomic E-state index is 12.2. The van der Waals surface area contributed by atoms with Gasteiger partial charge in [0.2, 0.25) is 0 Å². The summed E-state index contributed by atoms with van der Waals surface area (Å²) in [6.07, 6.45) is 11.5. The lowest BCUT2D eigenvalue weighted by atomic mass is 9.89. The minimum atomic E-state index is 0.00666. The number of nitrogens with one attached hydrogen (secondary N) is 1. The number of amides is 1. The van der Waals surface area contributed by atoms with Crippen molar-refractivity contribution in [3.63, 3.8) is 0 Å². The van der Waals surface area contributed by atoms with Crippen LogP contribution in [0.5, 0.6) is 0 Å². The molecule has 1 amide bonds. The Kier molecular flexibility index (Phi) is 3.92. The number of aryl methyl sites for hydroxylation is 1. The summed E-state index contributed by atoms with van der Waals surface area (Å²) < 4.78 is 1.87. The molecule has 2 aromatic heterocycles. The third-order valence-corrected chi connectivity index (χ3v) is 4.79. The smallest absolute Gasteiger partial charge is 0.269 e. The Hall–Kier alpha value is -2.43. The largest absolute Gasteiger partial charge is 0.349 e. The topological polar surface area (TPSA) is 59.8 Å². The Morgan fingerprint density at radius 2 is 2.29 bits per heavy atom. The standard InChI is InChI=1S/C19H22N4O/c1-2-3-4-5-6-14-11-16-13(12-21-14)7-8-15-17(16)22-23-10-9-20-19(24)18(15)23/h5-6,11-12H,2-4,7-10H2,1H3,(H,20,24). The highest BCUT2D eigenvalue weighted by Gasteiger charge is 2.30. The number of carbonyl (C=O) groups is 1. The molecule has 0 aromatic carbocycles. The van der Waals surface area contributed by atoms with Crippen LogP contribution in [0.2, 0.25) is 0 Å². The van der Waals surface area contributed by atoms with Crippen molar-refractivity contribution in [3.05, 3.63) is 40.9 Å². The van der Waals surface area contributed by atoms with E-state index in [0.717, 1.165) is 54.0 Å². The summed E-state index contributed by atoms with van der Waals surface area (Å²) in [5.41, 5.74) is 6.13. The van der Waals surface area contributed by atoms with Gasteiger partial charge in [0.05, 0.1) is 17.9 Å². The molecule has 0 radical (unpaired) electrons. The summed E-state index contributed by atoms with van der Waals surface area (Å²) in [4.78, 5) is 16.8. The Balaban J connectivity index is 1.72. The molecule has 2 aromatic rings. The molecule has 0 spiro atoms. The van der Waals surface area contributed by atoms with Crippen LogP contribution in [-0.4, -0.2) is 27.2 Å². The number of pyridine rings is 1. The fourth-order valence-electron chi connectivity index (χ4n) is 3.52. The van der Waals surface area contributed by atoms with Crippen molar-refractivity contribution < 1.29 is 4.79 Å². The van der Waals surface area contributed by atoms with Gasteiger partial charge < -0.3 is 5.32 Å². The average Bonchev–Trinajstić information content (AvgIpc) is 2.99. The van der Waals surface area contributed by atoms with Gasteiger partial charge in [0, 0.05) is 23.9 Å². The Morgan fingerprint density at radius 1 is 1.38 bits per heavy atom. The second kappa shape index (κ2) is 6.23. The highest BCUT2D eigenvalue weighted by atomic mass is 16.2. The second-order valence-electron chi connectivity index (χ2n) is 6.47. The van der Waals surface area contributed by atoms with Crippen LogP contribution in [0.1, 0.15) is 53.5 Å². The molecule has 0 saturated heterocycles. The highest BCUT2D eigenvalue weighted by Crippen LogP contribution is 2.35. The Morgan fingerprint density at radius 3 is 3.17 bits per heavy atom. The Bertz CT molecular complexity index is 819. The van der Waals surface area contributed by atoms with Gasteiger partial charge in [-0.15, -0.1) is 0 Å². The van der Waals surface area contributed by atoms with Crippen molar-refractivity contribution in [1.82, 2.24) is 20.1 Å². The van der Waals surface area contributed by atoms with Crippen LogP contribution in [0.15, 0.2) is 18.3 Å². The fourth-order valence-corrected chi connectivity index (χ4v) is 3.52. The molecule has 5 nitrogen and oxygen atoms in total. The van der Waals surface area contributed by atoms with Crippen molar-refractivity contribution in [3.8, 4) is 11.3 Å². The maximum absolute atomic E-state index is 12.2. The van der Waals surface area contributed by atoms with Gasteiger partial charge in [0.1, 0.15) is 5.69 Å². The molecule has 1 aliphatic heterocycles. The van der Waals surface area contributed by atoms with Crippen LogP contribution in [0.25, 0.3) is 17.3 Å². The van der Waals surface area contributed by atoms with Gasteiger partial charge >= 0.3 is 0 Å². The zero-order chi connectivity index (χ0) is 16.5. The van der Waals surface area contributed by atoms with E-state index in [1.165, 1.54) is 18.4 Å². The SMILES string of the molecule is CCCCC=Cc1cc2c(cn1)CCc1c-2nn2c1C(=O)NCC2. The van der Waals surface area contributed by atoms with E-state index in [1.54, 1.807) is 0 Å². The molecule has 3 heterocycles. The molecule has 0 fully saturated rings. The molecule has 24 heavy (non-hydrogen) atoms. The van der Waals surface area contributed by atoms with E-state index in [2.05, 4.69) is 35.4 Å². The number of rotatable bonds is 4. The van der Waals surface area contributed by atoms with Crippen LogP contribution in [0, 0.1) is 0 Å². The quantitative estimate of drug-likeness (QED) is 0.880. The molecule has 0 unspecified atom stereocenters. The van der Waals surface area contributed by atoms with Gasteiger partial charge in [-0.05, 0) is 37.0 Å². The van der Waals surface area contributed by atoms with E-state index in [1.807, 2.05) is 10.9 Å². The summed E-state index contributed by atoms with van der Waals surface area (Å²) >= 11 is 0. The Labute approximate surface area is 141 Å². The molecule has 124 valence electrons. The highest BCUT2D eigenvalue weighted by molar-refractivity contribution is 5.97. The first-order valence-electron chi connectivity index (χ1n) is 8.81. The predicted octanol–water partition coefficient (Wildman–Crippen LogP) is 2.99. The van der Waals surface area contributed by atoms with Gasteiger partial charge in [0.25, 0.3) is 5.91 Å². The van der Waals surface area contributed by atoms with E-state index in [9.17, 15) is 4.79 Å². The van der Waals surface area contributed by atoms with Crippen molar-refractivity contribution in [2.45, 2.75) is 45.6 Å². The normalized spacial score (nSPS) is 15.8. The van der Waals surface area contributed by atoms with Gasteiger partial charge in [-0.3, -0.25) is 14.5 Å². The number of aromatic nitrogens is 3. The van der Waals surface area contributed by atoms with E-state index in [-0.39, 0.29) is 5.91 Å². The minimum Gasteiger partial charge on any atom is -0.349 e. The van der Waals surface area contributed by atoms with Gasteiger partial charge in [-0.2, -0.15) is 5.10 Å². The van der Waals surface area contributed by atoms with E-state index >= 15 is 0 Å². The predicted molar refractivity (Wildman–Crippen MR) is 93.8 cm³/mol. The van der Waals surface area contributed by atoms with Crippen LogP contribution in [0.3, 0.4) is 0 Å². The van der Waals surface area contributed by atoms with Crippen LogP contribution in [0.4, 0.5) is 0 Å². The molecule has 0 saturated carbocycles. The lowest BCUT2D eigenvalue weighted by Gasteiger charge is -2.17. The summed E-state index contributed by atoms with van der Waals surface area (Å²) in [5, 5.41) is 7.66. The van der Waals surface area contributed by atoms with Crippen molar-refractivity contribution in [1.29, 1.82) is 0 Å². The molecule has 2 aliphatic rings. The number of allylic oxidation sites excluding steroid dienone is 1. The molecular formula is C19H22N4O. The number of nitrogens with zero attached hydrogens (tertiary/aromatic N) is 3. The molecule has 4 rings (SSSR count). The summed E-state index contributed by atoms with van der Waals surface area (Å²) in [5.74, 6) is 0.00666. The first-order chi connectivity index (χ1) is 11.8. The van der Waals surface area contributed by atoms with Crippen molar-refractivity contribution in [2.24, 2.45) is 0 Å². The third-order valence-electron chi connectivity index (χ3n) is 4.79. The van der Waals surface area contributed by atoms with Crippen LogP contribution < -0.4 is 5.32 Å². The summed E-state index contributed by atoms with van der Waals surface area (Å²) in [7, 11) is 0. The lowest BCUT2D eigenvalue weighted by Crippen LogP contribution is -2.36. The van der Waals surface area contributed by atoms with Crippen LogP contribution in [-0.2, 0) is 19.4 Å². The van der Waals surface area contributed by atoms with E-state index < -0.39 is 0 Å². The first-order valence-corrected chi connectivity index (χ1v) is 8.81. The molecule has 0 bridgehead atoms. The van der Waals surface area contributed by atoms with Crippen molar-refractivity contribution in [2.75, 3.05) is 6.54 Å². The van der Waals surface area contributed by atoms with Crippen molar-refractivity contribution >= 4 is 12.0 Å². The zero-order valence-corrected chi connectivity index (χ0v) is 14.0. The molecule has 1 aliphatic carbocycles. The summed E-state index contributed by atoms with van der Waals surface area (Å²) in [6.45, 7) is 3.60. The third kappa shape index (κ3) is 2.54.